The van der Waals surface area contributed by atoms with Gasteiger partial charge in [0.25, 0.3) is 0 Å². The zero-order valence-electron chi connectivity index (χ0n) is 5.88. The Balaban J connectivity index is 2.21. The quantitative estimate of drug-likeness (QED) is 0.521. The minimum Gasteiger partial charge on any atom is -0.291 e. The second-order valence-corrected chi connectivity index (χ2v) is 2.71. The summed E-state index contributed by atoms with van der Waals surface area (Å²) in [6.45, 7) is 0.794. The molecule has 0 bridgehead atoms. The fraction of sp³-hybridized carbons (Fsp3) is 0.500. The maximum Gasteiger partial charge on any atom is 0.0889 e. The van der Waals surface area contributed by atoms with E-state index in [0.29, 0.717) is 6.04 Å². The molecule has 0 saturated carbocycles. The topological polar surface area (TPSA) is 26.1 Å². The summed E-state index contributed by atoms with van der Waals surface area (Å²) in [6.07, 6.45) is 8.80. The third-order valence-corrected chi connectivity index (χ3v) is 2.00. The first-order valence-corrected chi connectivity index (χ1v) is 3.73. The Morgan fingerprint density at radius 2 is 2.60 bits per heavy atom. The number of allylic oxidation sites excluding steroid dienone is 1. The molecule has 1 N–H and O–H groups in total. The van der Waals surface area contributed by atoms with Crippen LogP contribution in [0.2, 0.25) is 0 Å². The molecule has 1 heterocycles. The average Bonchev–Trinajstić information content (AvgIpc) is 2.05. The Hall–Kier alpha value is -0.760. The smallest absolute Gasteiger partial charge is 0.0889 e. The fourth-order valence-corrected chi connectivity index (χ4v) is 1.43. The summed E-state index contributed by atoms with van der Waals surface area (Å²) in [5, 5.41) is 7.47. The largest absolute Gasteiger partial charge is 0.291 e. The van der Waals surface area contributed by atoms with Crippen LogP contribution < -0.4 is 10.6 Å². The van der Waals surface area contributed by atoms with Crippen molar-refractivity contribution in [1.82, 2.24) is 10.6 Å². The molecule has 0 fully saturated rings. The number of nitrogens with one attached hydrogen (secondary N) is 1. The van der Waals surface area contributed by atoms with Gasteiger partial charge in [0.05, 0.1) is 6.67 Å². The molecule has 0 aromatic heterocycles. The van der Waals surface area contributed by atoms with Crippen molar-refractivity contribution in [3.8, 4) is 0 Å². The molecule has 0 aromatic rings. The summed E-state index contributed by atoms with van der Waals surface area (Å²) in [6, 6.07) is 0.586. The van der Waals surface area contributed by atoms with Crippen LogP contribution in [-0.4, -0.2) is 12.7 Å². The highest BCUT2D eigenvalue weighted by Crippen LogP contribution is 2.17. The normalized spacial score (nSPS) is 30.4. The first kappa shape index (κ1) is 5.98. The molecule has 0 saturated heterocycles. The van der Waals surface area contributed by atoms with Crippen LogP contribution in [0, 0.1) is 0 Å². The van der Waals surface area contributed by atoms with Gasteiger partial charge in [0, 0.05) is 12.2 Å². The summed E-state index contributed by atoms with van der Waals surface area (Å²) in [7, 11) is 0. The lowest BCUT2D eigenvalue weighted by atomic mass is 9.96. The average molecular weight is 135 g/mol. The van der Waals surface area contributed by atoms with Crippen molar-refractivity contribution in [3.05, 3.63) is 23.9 Å². The van der Waals surface area contributed by atoms with Crippen LogP contribution in [-0.2, 0) is 0 Å². The summed E-state index contributed by atoms with van der Waals surface area (Å²) in [5.74, 6) is 0. The van der Waals surface area contributed by atoms with Crippen molar-refractivity contribution in [3.63, 3.8) is 0 Å². The lowest BCUT2D eigenvalue weighted by Crippen LogP contribution is -2.39. The van der Waals surface area contributed by atoms with E-state index in [9.17, 15) is 0 Å². The van der Waals surface area contributed by atoms with E-state index in [1.54, 1.807) is 0 Å². The number of hydrogen-bond acceptors (Lipinski definition) is 1. The monoisotopic (exact) mass is 135 g/mol. The third-order valence-electron chi connectivity index (χ3n) is 2.00. The second kappa shape index (κ2) is 2.46. The molecule has 1 atom stereocenters. The molecule has 1 unspecified atom stereocenters. The molecule has 1 aliphatic heterocycles. The van der Waals surface area contributed by atoms with Gasteiger partial charge in [-0.05, 0) is 18.4 Å². The minimum absolute atomic E-state index is 0.586. The Morgan fingerprint density at radius 3 is 3.50 bits per heavy atom. The van der Waals surface area contributed by atoms with Crippen molar-refractivity contribution in [2.24, 2.45) is 0 Å². The van der Waals surface area contributed by atoms with Crippen molar-refractivity contribution in [2.75, 3.05) is 6.67 Å². The van der Waals surface area contributed by atoms with Crippen LogP contribution >= 0.6 is 0 Å². The van der Waals surface area contributed by atoms with Gasteiger partial charge in [-0.2, -0.15) is 0 Å². The van der Waals surface area contributed by atoms with E-state index in [-0.39, 0.29) is 0 Å². The van der Waals surface area contributed by atoms with Gasteiger partial charge in [0.15, 0.2) is 0 Å². The molecule has 0 aromatic carbocycles. The van der Waals surface area contributed by atoms with E-state index < -0.39 is 0 Å². The maximum absolute atomic E-state index is 4.14. The van der Waals surface area contributed by atoms with E-state index in [1.165, 1.54) is 18.4 Å². The number of nitrogens with zero attached hydrogens (tertiary/aromatic N) is 1. The fourth-order valence-electron chi connectivity index (χ4n) is 1.43. The van der Waals surface area contributed by atoms with Crippen LogP contribution in [0.1, 0.15) is 12.8 Å². The SMILES string of the molecule is C1=CC2=C[N]CNC2CC1. The summed E-state index contributed by atoms with van der Waals surface area (Å²) >= 11 is 0. The first-order valence-electron chi connectivity index (χ1n) is 3.73. The van der Waals surface area contributed by atoms with Crippen LogP contribution in [0.15, 0.2) is 23.9 Å². The minimum atomic E-state index is 0.586. The molecule has 1 radical (unpaired) electrons. The standard InChI is InChI=1S/C8H11N2/c1-2-4-8-7(3-1)5-9-6-10-8/h1,3,5,8,10H,2,4,6H2. The van der Waals surface area contributed by atoms with Crippen LogP contribution in [0.25, 0.3) is 0 Å². The molecule has 2 heteroatoms. The molecular weight excluding hydrogens is 124 g/mol. The van der Waals surface area contributed by atoms with Crippen LogP contribution in [0.4, 0.5) is 0 Å². The van der Waals surface area contributed by atoms with Gasteiger partial charge < -0.3 is 0 Å². The van der Waals surface area contributed by atoms with E-state index in [0.717, 1.165) is 6.67 Å². The van der Waals surface area contributed by atoms with Crippen molar-refractivity contribution < 1.29 is 0 Å². The van der Waals surface area contributed by atoms with Gasteiger partial charge in [-0.15, -0.1) is 0 Å². The Kier molecular flexibility index (Phi) is 1.47. The number of hydrogen-bond donors (Lipinski definition) is 1. The Bertz CT molecular complexity index is 182. The van der Waals surface area contributed by atoms with E-state index in [2.05, 4.69) is 22.8 Å². The van der Waals surface area contributed by atoms with E-state index in [4.69, 9.17) is 0 Å². The van der Waals surface area contributed by atoms with Crippen molar-refractivity contribution in [2.45, 2.75) is 18.9 Å². The van der Waals surface area contributed by atoms with Crippen molar-refractivity contribution >= 4 is 0 Å². The molecular formula is C8H11N2. The molecule has 2 nitrogen and oxygen atoms in total. The van der Waals surface area contributed by atoms with Gasteiger partial charge in [-0.25, -0.2) is 0 Å². The van der Waals surface area contributed by atoms with Gasteiger partial charge >= 0.3 is 0 Å². The number of fused-ring (bicyclic) bond motifs is 1. The molecule has 1 aliphatic carbocycles. The molecule has 53 valence electrons. The third kappa shape index (κ3) is 0.948. The molecule has 10 heavy (non-hydrogen) atoms. The highest BCUT2D eigenvalue weighted by molar-refractivity contribution is 5.28. The van der Waals surface area contributed by atoms with Gasteiger partial charge in [0.2, 0.25) is 0 Å². The Morgan fingerprint density at radius 1 is 1.60 bits per heavy atom. The lowest BCUT2D eigenvalue weighted by Gasteiger charge is -2.25. The maximum atomic E-state index is 4.14. The zero-order chi connectivity index (χ0) is 6.81. The summed E-state index contributed by atoms with van der Waals surface area (Å²) < 4.78 is 0. The number of rotatable bonds is 0. The van der Waals surface area contributed by atoms with Gasteiger partial charge in [-0.1, -0.05) is 12.2 Å². The van der Waals surface area contributed by atoms with Gasteiger partial charge in [0.1, 0.15) is 0 Å². The zero-order valence-corrected chi connectivity index (χ0v) is 5.88. The summed E-state index contributed by atoms with van der Waals surface area (Å²) in [5.41, 5.74) is 1.34. The highest BCUT2D eigenvalue weighted by Gasteiger charge is 2.16. The molecule has 0 spiro atoms. The van der Waals surface area contributed by atoms with Crippen LogP contribution in [0.5, 0.6) is 0 Å². The Labute approximate surface area is 61.0 Å². The second-order valence-electron chi connectivity index (χ2n) is 2.71. The molecule has 0 amide bonds. The predicted octanol–water partition coefficient (Wildman–Crippen LogP) is 0.754. The molecule has 2 aliphatic rings. The van der Waals surface area contributed by atoms with Crippen LogP contribution in [0.3, 0.4) is 0 Å². The van der Waals surface area contributed by atoms with Crippen molar-refractivity contribution in [1.29, 1.82) is 0 Å². The van der Waals surface area contributed by atoms with Gasteiger partial charge in [-0.3, -0.25) is 10.6 Å². The lowest BCUT2D eigenvalue weighted by molar-refractivity contribution is 0.492. The first-order chi connectivity index (χ1) is 4.97. The van der Waals surface area contributed by atoms with E-state index in [1.807, 2.05) is 6.20 Å². The van der Waals surface area contributed by atoms with E-state index >= 15 is 0 Å². The molecule has 2 rings (SSSR count). The summed E-state index contributed by atoms with van der Waals surface area (Å²) in [4.78, 5) is 0. The highest BCUT2D eigenvalue weighted by atomic mass is 15.1. The predicted molar refractivity (Wildman–Crippen MR) is 40.4 cm³/mol.